The van der Waals surface area contributed by atoms with Gasteiger partial charge in [-0.05, 0) is 36.2 Å². The molecule has 3 aliphatic rings. The second-order valence-electron chi connectivity index (χ2n) is 5.41. The predicted octanol–water partition coefficient (Wildman–Crippen LogP) is 1.66. The summed E-state index contributed by atoms with van der Waals surface area (Å²) in [6.45, 7) is 0. The zero-order valence-electron chi connectivity index (χ0n) is 10.5. The minimum Gasteiger partial charge on any atom is -0.311 e. The average molecular weight is 261 g/mol. The van der Waals surface area contributed by atoms with Crippen LogP contribution in [0.25, 0.3) is 0 Å². The maximum absolute atomic E-state index is 13.0. The molecule has 3 unspecified atom stereocenters. The highest BCUT2D eigenvalue weighted by Gasteiger charge is 2.41. The molecular weight excluding hydrogens is 245 g/mol. The lowest BCUT2D eigenvalue weighted by atomic mass is 9.83. The SMILES string of the molecule is FN1N=CN(c2ccccc2C2CC3CCC2N3)N1. The quantitative estimate of drug-likeness (QED) is 0.795. The lowest BCUT2D eigenvalue weighted by Crippen LogP contribution is -2.37. The molecule has 0 radical (unpaired) electrons. The molecule has 0 aromatic heterocycles. The molecule has 2 fully saturated rings. The highest BCUT2D eigenvalue weighted by molar-refractivity contribution is 5.80. The molecule has 3 heterocycles. The number of hydrazone groups is 1. The van der Waals surface area contributed by atoms with Crippen molar-refractivity contribution in [2.45, 2.75) is 37.3 Å². The van der Waals surface area contributed by atoms with E-state index < -0.39 is 0 Å². The normalized spacial score (nSPS) is 32.6. The number of benzene rings is 1. The third-order valence-corrected chi connectivity index (χ3v) is 4.35. The fraction of sp³-hybridized carbons (Fsp3) is 0.462. The minimum absolute atomic E-state index is 0.218. The summed E-state index contributed by atoms with van der Waals surface area (Å²) >= 11 is 0. The average Bonchev–Trinajstić information content (AvgIpc) is 3.14. The summed E-state index contributed by atoms with van der Waals surface area (Å²) in [5.41, 5.74) is 4.77. The Balaban J connectivity index is 1.67. The molecule has 5 nitrogen and oxygen atoms in total. The van der Waals surface area contributed by atoms with Gasteiger partial charge in [0.25, 0.3) is 0 Å². The van der Waals surface area contributed by atoms with Gasteiger partial charge in [-0.3, -0.25) is 0 Å². The molecule has 0 aliphatic carbocycles. The van der Waals surface area contributed by atoms with Crippen LogP contribution < -0.4 is 15.9 Å². The maximum atomic E-state index is 13.0. The second kappa shape index (κ2) is 4.18. The van der Waals surface area contributed by atoms with Crippen molar-refractivity contribution < 1.29 is 4.48 Å². The van der Waals surface area contributed by atoms with Crippen molar-refractivity contribution >= 4 is 12.0 Å². The lowest BCUT2D eigenvalue weighted by molar-refractivity contribution is -0.0156. The number of nitrogens with one attached hydrogen (secondary N) is 2. The van der Waals surface area contributed by atoms with Gasteiger partial charge >= 0.3 is 0 Å². The summed E-state index contributed by atoms with van der Waals surface area (Å²) in [4.78, 5) is 0. The van der Waals surface area contributed by atoms with Crippen LogP contribution in [0.5, 0.6) is 0 Å². The number of halogens is 1. The van der Waals surface area contributed by atoms with E-state index in [4.69, 9.17) is 0 Å². The summed E-state index contributed by atoms with van der Waals surface area (Å²) < 4.78 is 13.0. The van der Waals surface area contributed by atoms with Gasteiger partial charge in [0.15, 0.2) is 0 Å². The molecule has 0 amide bonds. The van der Waals surface area contributed by atoms with Gasteiger partial charge in [-0.25, -0.2) is 5.01 Å². The number of fused-ring (bicyclic) bond motifs is 2. The monoisotopic (exact) mass is 261 g/mol. The van der Waals surface area contributed by atoms with Crippen molar-refractivity contribution in [1.82, 2.24) is 16.2 Å². The Bertz CT molecular complexity index is 520. The third-order valence-electron chi connectivity index (χ3n) is 4.35. The van der Waals surface area contributed by atoms with E-state index in [1.54, 1.807) is 5.01 Å². The van der Waals surface area contributed by atoms with E-state index in [0.717, 1.165) is 5.69 Å². The summed E-state index contributed by atoms with van der Waals surface area (Å²) in [7, 11) is 0. The Labute approximate surface area is 110 Å². The van der Waals surface area contributed by atoms with Gasteiger partial charge in [-0.2, -0.15) is 0 Å². The van der Waals surface area contributed by atoms with Crippen LogP contribution in [0.1, 0.15) is 30.7 Å². The van der Waals surface area contributed by atoms with Crippen LogP contribution in [-0.4, -0.2) is 23.8 Å². The molecule has 4 rings (SSSR count). The van der Waals surface area contributed by atoms with Crippen molar-refractivity contribution in [1.29, 1.82) is 0 Å². The summed E-state index contributed by atoms with van der Waals surface area (Å²) in [6, 6.07) is 9.37. The first-order chi connectivity index (χ1) is 9.31. The second-order valence-corrected chi connectivity index (χ2v) is 5.41. The lowest BCUT2D eigenvalue weighted by Gasteiger charge is -2.26. The van der Waals surface area contributed by atoms with Crippen LogP contribution in [0.2, 0.25) is 0 Å². The smallest absolute Gasteiger partial charge is 0.136 e. The van der Waals surface area contributed by atoms with Crippen molar-refractivity contribution in [3.05, 3.63) is 29.8 Å². The van der Waals surface area contributed by atoms with Crippen LogP contribution >= 0.6 is 0 Å². The van der Waals surface area contributed by atoms with Crippen LogP contribution in [0.15, 0.2) is 29.4 Å². The minimum atomic E-state index is 0.218. The van der Waals surface area contributed by atoms with Gasteiger partial charge in [0.1, 0.15) is 6.34 Å². The first-order valence-electron chi connectivity index (χ1n) is 6.72. The Morgan fingerprint density at radius 2 is 2.16 bits per heavy atom. The van der Waals surface area contributed by atoms with E-state index in [9.17, 15) is 4.48 Å². The molecular formula is C13H16FN5. The zero-order valence-corrected chi connectivity index (χ0v) is 10.5. The molecule has 2 bridgehead atoms. The van der Waals surface area contributed by atoms with Crippen molar-refractivity contribution in [3.8, 4) is 0 Å². The number of rotatable bonds is 2. The van der Waals surface area contributed by atoms with E-state index in [1.807, 2.05) is 18.2 Å². The zero-order chi connectivity index (χ0) is 12.8. The summed E-state index contributed by atoms with van der Waals surface area (Å²) in [5.74, 6) is 0.513. The van der Waals surface area contributed by atoms with E-state index in [0.29, 0.717) is 18.0 Å². The number of hydrazine groups is 2. The van der Waals surface area contributed by atoms with Crippen LogP contribution in [0.3, 0.4) is 0 Å². The van der Waals surface area contributed by atoms with Crippen molar-refractivity contribution in [2.24, 2.45) is 5.10 Å². The van der Waals surface area contributed by atoms with E-state index >= 15 is 0 Å². The summed E-state index contributed by atoms with van der Waals surface area (Å²) in [6.07, 6.45) is 5.15. The molecule has 2 N–H and O–H groups in total. The Hall–Kier alpha value is -1.66. The largest absolute Gasteiger partial charge is 0.311 e. The Kier molecular flexibility index (Phi) is 2.46. The Morgan fingerprint density at radius 1 is 1.26 bits per heavy atom. The highest BCUT2D eigenvalue weighted by atomic mass is 19.2. The van der Waals surface area contributed by atoms with Crippen molar-refractivity contribution in [3.63, 3.8) is 0 Å². The molecule has 2 saturated heterocycles. The van der Waals surface area contributed by atoms with Gasteiger partial charge in [0, 0.05) is 18.0 Å². The van der Waals surface area contributed by atoms with Crippen LogP contribution in [0, 0.1) is 0 Å². The van der Waals surface area contributed by atoms with E-state index in [2.05, 4.69) is 22.0 Å². The standard InChI is InChI=1S/C13H16FN5/c14-19-15-8-18(17-19)13-4-2-1-3-10(13)11-7-9-5-6-12(11)16-9/h1-4,8-9,11-12,16-17H,5-7H2. The van der Waals surface area contributed by atoms with Gasteiger partial charge in [0.2, 0.25) is 0 Å². The predicted molar refractivity (Wildman–Crippen MR) is 70.8 cm³/mol. The summed E-state index contributed by atoms with van der Waals surface area (Å²) in [5, 5.41) is 9.04. The molecule has 100 valence electrons. The molecule has 1 aromatic carbocycles. The van der Waals surface area contributed by atoms with Gasteiger partial charge < -0.3 is 5.32 Å². The molecule has 19 heavy (non-hydrogen) atoms. The van der Waals surface area contributed by atoms with Crippen LogP contribution in [-0.2, 0) is 0 Å². The first-order valence-corrected chi connectivity index (χ1v) is 6.72. The third kappa shape index (κ3) is 1.79. The number of anilines is 1. The highest BCUT2D eigenvalue weighted by Crippen LogP contribution is 2.42. The maximum Gasteiger partial charge on any atom is 0.136 e. The number of hydrogen-bond acceptors (Lipinski definition) is 5. The number of nitrogens with zero attached hydrogens (tertiary/aromatic N) is 3. The first kappa shape index (κ1) is 11.2. The van der Waals surface area contributed by atoms with Gasteiger partial charge in [-0.15, -0.1) is 5.10 Å². The molecule has 3 atom stereocenters. The molecule has 0 saturated carbocycles. The fourth-order valence-corrected chi connectivity index (χ4v) is 3.54. The fourth-order valence-electron chi connectivity index (χ4n) is 3.54. The molecule has 3 aliphatic heterocycles. The molecule has 1 aromatic rings. The topological polar surface area (TPSA) is 42.9 Å². The van der Waals surface area contributed by atoms with Gasteiger partial charge in [0.05, 0.1) is 5.69 Å². The van der Waals surface area contributed by atoms with E-state index in [1.165, 1.54) is 31.2 Å². The molecule has 6 heteroatoms. The van der Waals surface area contributed by atoms with Crippen LogP contribution in [0.4, 0.5) is 10.2 Å². The van der Waals surface area contributed by atoms with Gasteiger partial charge in [-0.1, -0.05) is 28.2 Å². The van der Waals surface area contributed by atoms with E-state index in [-0.39, 0.29) is 5.34 Å². The Morgan fingerprint density at radius 3 is 2.84 bits per heavy atom. The van der Waals surface area contributed by atoms with Crippen molar-refractivity contribution in [2.75, 3.05) is 5.01 Å². The molecule has 0 spiro atoms. The number of para-hydroxylation sites is 1. The number of hydrogen-bond donors (Lipinski definition) is 2.